The van der Waals surface area contributed by atoms with Gasteiger partial charge in [-0.25, -0.2) is 4.98 Å². The molecule has 114 valence electrons. The molecule has 0 aliphatic heterocycles. The van der Waals surface area contributed by atoms with Gasteiger partial charge in [-0.15, -0.1) is 0 Å². The van der Waals surface area contributed by atoms with Gasteiger partial charge in [-0.2, -0.15) is 0 Å². The van der Waals surface area contributed by atoms with Gasteiger partial charge in [-0.3, -0.25) is 0 Å². The monoisotopic (exact) mass is 305 g/mol. The zero-order valence-electron chi connectivity index (χ0n) is 13.1. The molecule has 2 rings (SSSR count). The topological polar surface area (TPSA) is 37.4 Å². The van der Waals surface area contributed by atoms with Crippen LogP contribution in [0.4, 0.5) is 10.8 Å². The van der Waals surface area contributed by atoms with Crippen molar-refractivity contribution in [3.8, 4) is 5.75 Å². The number of nitrogens with zero attached hydrogens (tertiary/aromatic N) is 2. The second-order valence-corrected chi connectivity index (χ2v) is 6.02. The van der Waals surface area contributed by atoms with E-state index in [1.807, 2.05) is 31.4 Å². The summed E-state index contributed by atoms with van der Waals surface area (Å²) in [7, 11) is 3.71. The number of anilines is 2. The van der Waals surface area contributed by atoms with Crippen LogP contribution in [0, 0.1) is 0 Å². The van der Waals surface area contributed by atoms with Crippen LogP contribution >= 0.6 is 11.3 Å². The molecular formula is C16H23N3OS. The van der Waals surface area contributed by atoms with Crippen molar-refractivity contribution in [1.29, 1.82) is 0 Å². The van der Waals surface area contributed by atoms with E-state index in [9.17, 15) is 0 Å². The number of nitrogens with one attached hydrogen (secondary N) is 1. The molecule has 1 heterocycles. The number of hydrogen-bond acceptors (Lipinski definition) is 5. The molecule has 1 aromatic carbocycles. The zero-order chi connectivity index (χ0) is 15.2. The van der Waals surface area contributed by atoms with Crippen LogP contribution in [-0.4, -0.2) is 25.7 Å². The highest BCUT2D eigenvalue weighted by Crippen LogP contribution is 2.32. The summed E-state index contributed by atoms with van der Waals surface area (Å²) < 4.78 is 5.27. The third kappa shape index (κ3) is 3.95. The minimum Gasteiger partial charge on any atom is -0.497 e. The minimum atomic E-state index is 0.343. The lowest BCUT2D eigenvalue weighted by molar-refractivity contribution is 0.415. The van der Waals surface area contributed by atoms with Crippen molar-refractivity contribution in [2.45, 2.75) is 26.3 Å². The van der Waals surface area contributed by atoms with Gasteiger partial charge in [0.15, 0.2) is 5.13 Å². The Labute approximate surface area is 130 Å². The average Bonchev–Trinajstić information content (AvgIpc) is 3.02. The van der Waals surface area contributed by atoms with Gasteiger partial charge in [0.05, 0.1) is 7.11 Å². The smallest absolute Gasteiger partial charge is 0.189 e. The van der Waals surface area contributed by atoms with E-state index in [1.165, 1.54) is 4.88 Å². The summed E-state index contributed by atoms with van der Waals surface area (Å²) in [5, 5.41) is 4.48. The zero-order valence-corrected chi connectivity index (χ0v) is 13.9. The molecule has 0 bridgehead atoms. The lowest BCUT2D eigenvalue weighted by Crippen LogP contribution is -2.18. The lowest BCUT2D eigenvalue weighted by atomic mass is 10.3. The van der Waals surface area contributed by atoms with Gasteiger partial charge < -0.3 is 15.0 Å². The number of hydrogen-bond donors (Lipinski definition) is 1. The molecule has 2 aromatic rings. The van der Waals surface area contributed by atoms with Crippen LogP contribution < -0.4 is 15.0 Å². The van der Waals surface area contributed by atoms with Gasteiger partial charge in [0.2, 0.25) is 0 Å². The molecule has 1 N–H and O–H groups in total. The van der Waals surface area contributed by atoms with Gasteiger partial charge in [0, 0.05) is 35.9 Å². The molecule has 0 aliphatic carbocycles. The quantitative estimate of drug-likeness (QED) is 0.839. The van der Waals surface area contributed by atoms with E-state index >= 15 is 0 Å². The van der Waals surface area contributed by atoms with Crippen molar-refractivity contribution in [3.63, 3.8) is 0 Å². The SMILES string of the molecule is CCCNC(C)c1cnc(N(C)c2cccc(OC)c2)s1. The van der Waals surface area contributed by atoms with Crippen LogP contribution in [0.5, 0.6) is 5.75 Å². The molecule has 21 heavy (non-hydrogen) atoms. The summed E-state index contributed by atoms with van der Waals surface area (Å²) in [6, 6.07) is 8.35. The molecular weight excluding hydrogens is 282 g/mol. The molecule has 0 saturated carbocycles. The number of rotatable bonds is 7. The number of thiazole rings is 1. The van der Waals surface area contributed by atoms with Crippen LogP contribution in [0.3, 0.4) is 0 Å². The molecule has 1 aromatic heterocycles. The Bertz CT molecular complexity index is 570. The molecule has 0 spiro atoms. The van der Waals surface area contributed by atoms with Gasteiger partial charge in [0.1, 0.15) is 5.75 Å². The van der Waals surface area contributed by atoms with Crippen LogP contribution in [0.2, 0.25) is 0 Å². The molecule has 0 radical (unpaired) electrons. The summed E-state index contributed by atoms with van der Waals surface area (Å²) in [5.41, 5.74) is 1.07. The fraction of sp³-hybridized carbons (Fsp3) is 0.438. The molecule has 0 fully saturated rings. The third-order valence-electron chi connectivity index (χ3n) is 3.37. The first-order valence-electron chi connectivity index (χ1n) is 7.22. The third-order valence-corrected chi connectivity index (χ3v) is 4.62. The summed E-state index contributed by atoms with van der Waals surface area (Å²) in [6.45, 7) is 5.38. The maximum absolute atomic E-state index is 5.27. The number of benzene rings is 1. The molecule has 5 heteroatoms. The lowest BCUT2D eigenvalue weighted by Gasteiger charge is -2.16. The molecule has 0 aliphatic rings. The van der Waals surface area contributed by atoms with Gasteiger partial charge >= 0.3 is 0 Å². The van der Waals surface area contributed by atoms with Gasteiger partial charge in [0.25, 0.3) is 0 Å². The van der Waals surface area contributed by atoms with Crippen molar-refractivity contribution >= 4 is 22.2 Å². The minimum absolute atomic E-state index is 0.343. The molecule has 1 atom stereocenters. The predicted octanol–water partition coefficient (Wildman–Crippen LogP) is 3.98. The van der Waals surface area contributed by atoms with Crippen LogP contribution in [0.1, 0.15) is 31.2 Å². The summed E-state index contributed by atoms with van der Waals surface area (Å²) in [4.78, 5) is 7.88. The molecule has 4 nitrogen and oxygen atoms in total. The molecule has 0 amide bonds. The summed E-state index contributed by atoms with van der Waals surface area (Å²) >= 11 is 1.72. The number of methoxy groups -OCH3 is 1. The van der Waals surface area contributed by atoms with E-state index in [4.69, 9.17) is 4.74 Å². The Morgan fingerprint density at radius 2 is 2.24 bits per heavy atom. The average molecular weight is 305 g/mol. The van der Waals surface area contributed by atoms with Crippen LogP contribution in [-0.2, 0) is 0 Å². The Kier molecular flexibility index (Phi) is 5.59. The van der Waals surface area contributed by atoms with E-state index in [0.29, 0.717) is 6.04 Å². The highest BCUT2D eigenvalue weighted by molar-refractivity contribution is 7.15. The first-order chi connectivity index (χ1) is 10.2. The summed E-state index contributed by atoms with van der Waals surface area (Å²) in [6.07, 6.45) is 3.10. The second kappa shape index (κ2) is 7.43. The van der Waals surface area contributed by atoms with Crippen LogP contribution in [0.25, 0.3) is 0 Å². The maximum atomic E-state index is 5.27. The Hall–Kier alpha value is -1.59. The molecule has 0 saturated heterocycles. The van der Waals surface area contributed by atoms with Crippen molar-refractivity contribution in [2.24, 2.45) is 0 Å². The fourth-order valence-corrected chi connectivity index (χ4v) is 2.95. The Balaban J connectivity index is 2.12. The number of aromatic nitrogens is 1. The normalized spacial score (nSPS) is 12.2. The van der Waals surface area contributed by atoms with Crippen molar-refractivity contribution < 1.29 is 4.74 Å². The van der Waals surface area contributed by atoms with E-state index in [0.717, 1.165) is 29.5 Å². The van der Waals surface area contributed by atoms with Crippen molar-refractivity contribution in [1.82, 2.24) is 10.3 Å². The number of ether oxygens (including phenoxy) is 1. The standard InChI is InChI=1S/C16H23N3OS/c1-5-9-17-12(2)15-11-18-16(21-15)19(3)13-7-6-8-14(10-13)20-4/h6-8,10-12,17H,5,9H2,1-4H3. The van der Waals surface area contributed by atoms with Gasteiger partial charge in [-0.05, 0) is 32.0 Å². The summed E-state index contributed by atoms with van der Waals surface area (Å²) in [5.74, 6) is 0.856. The first kappa shape index (κ1) is 15.8. The predicted molar refractivity (Wildman–Crippen MR) is 89.9 cm³/mol. The maximum Gasteiger partial charge on any atom is 0.189 e. The molecule has 1 unspecified atom stereocenters. The highest BCUT2D eigenvalue weighted by Gasteiger charge is 2.13. The van der Waals surface area contributed by atoms with E-state index < -0.39 is 0 Å². The largest absolute Gasteiger partial charge is 0.497 e. The van der Waals surface area contributed by atoms with Crippen LogP contribution in [0.15, 0.2) is 30.5 Å². The highest BCUT2D eigenvalue weighted by atomic mass is 32.1. The van der Waals surface area contributed by atoms with Gasteiger partial charge in [-0.1, -0.05) is 24.3 Å². The van der Waals surface area contributed by atoms with Crippen molar-refractivity contribution in [2.75, 3.05) is 25.6 Å². The van der Waals surface area contributed by atoms with E-state index in [1.54, 1.807) is 18.4 Å². The Morgan fingerprint density at radius 3 is 2.95 bits per heavy atom. The fourth-order valence-electron chi connectivity index (χ4n) is 2.02. The Morgan fingerprint density at radius 1 is 1.43 bits per heavy atom. The second-order valence-electron chi connectivity index (χ2n) is 4.98. The van der Waals surface area contributed by atoms with E-state index in [-0.39, 0.29) is 0 Å². The van der Waals surface area contributed by atoms with Crippen molar-refractivity contribution in [3.05, 3.63) is 35.3 Å². The first-order valence-corrected chi connectivity index (χ1v) is 8.04. The van der Waals surface area contributed by atoms with E-state index in [2.05, 4.69) is 35.1 Å².